The molecule has 0 spiro atoms. The molecule has 3 aromatic rings. The van der Waals surface area contributed by atoms with Crippen LogP contribution in [0.3, 0.4) is 0 Å². The number of aryl methyl sites for hydroxylation is 2. The lowest BCUT2D eigenvalue weighted by molar-refractivity contribution is -0.118. The maximum Gasteiger partial charge on any atom is 0.230 e. The highest BCUT2D eigenvalue weighted by atomic mass is 32.2. The summed E-state index contributed by atoms with van der Waals surface area (Å²) in [6, 6.07) is 10.0. The van der Waals surface area contributed by atoms with Gasteiger partial charge in [-0.25, -0.2) is 9.97 Å². The van der Waals surface area contributed by atoms with Gasteiger partial charge in [0.25, 0.3) is 0 Å². The zero-order valence-electron chi connectivity index (χ0n) is 15.6. The number of aromatic nitrogens is 3. The standard InChI is InChI=1S/C20H22N4O2S/c1-14-8-15(2)10-17(9-14)24-7-6-21-20(24)27-13-18(25)22-11-16-4-5-19(26-3)23-12-16/h4-10,12H,11,13H2,1-3H3,(H,22,25). The highest BCUT2D eigenvalue weighted by Crippen LogP contribution is 2.22. The van der Waals surface area contributed by atoms with E-state index in [1.54, 1.807) is 25.6 Å². The van der Waals surface area contributed by atoms with Gasteiger partial charge in [0, 0.05) is 36.9 Å². The summed E-state index contributed by atoms with van der Waals surface area (Å²) >= 11 is 1.41. The van der Waals surface area contributed by atoms with Gasteiger partial charge >= 0.3 is 0 Å². The predicted octanol–water partition coefficient (Wildman–Crippen LogP) is 3.30. The normalized spacial score (nSPS) is 10.6. The fraction of sp³-hybridized carbons (Fsp3) is 0.250. The van der Waals surface area contributed by atoms with Crippen LogP contribution < -0.4 is 10.1 Å². The molecule has 0 saturated heterocycles. The molecule has 0 bridgehead atoms. The SMILES string of the molecule is COc1ccc(CNC(=O)CSc2nccn2-c2cc(C)cc(C)c2)cn1. The summed E-state index contributed by atoms with van der Waals surface area (Å²) in [5.74, 6) is 0.801. The molecule has 1 aromatic carbocycles. The third kappa shape index (κ3) is 5.10. The minimum Gasteiger partial charge on any atom is -0.481 e. The Morgan fingerprint density at radius 2 is 1.96 bits per heavy atom. The Morgan fingerprint density at radius 1 is 1.19 bits per heavy atom. The number of hydrogen-bond acceptors (Lipinski definition) is 5. The minimum atomic E-state index is -0.0502. The molecule has 6 nitrogen and oxygen atoms in total. The maximum atomic E-state index is 12.2. The highest BCUT2D eigenvalue weighted by Gasteiger charge is 2.10. The van der Waals surface area contributed by atoms with Crippen molar-refractivity contribution in [1.82, 2.24) is 19.9 Å². The first-order chi connectivity index (χ1) is 13.0. The fourth-order valence-electron chi connectivity index (χ4n) is 2.70. The molecule has 0 aliphatic heterocycles. The lowest BCUT2D eigenvalue weighted by Crippen LogP contribution is -2.24. The van der Waals surface area contributed by atoms with Crippen molar-refractivity contribution >= 4 is 17.7 Å². The monoisotopic (exact) mass is 382 g/mol. The van der Waals surface area contributed by atoms with Gasteiger partial charge in [-0.1, -0.05) is 23.9 Å². The van der Waals surface area contributed by atoms with Gasteiger partial charge in [-0.2, -0.15) is 0 Å². The highest BCUT2D eigenvalue weighted by molar-refractivity contribution is 7.99. The van der Waals surface area contributed by atoms with Crippen molar-refractivity contribution in [3.05, 3.63) is 65.6 Å². The van der Waals surface area contributed by atoms with Crippen LogP contribution in [-0.4, -0.2) is 33.3 Å². The van der Waals surface area contributed by atoms with Crippen LogP contribution >= 0.6 is 11.8 Å². The van der Waals surface area contributed by atoms with E-state index in [0.29, 0.717) is 18.2 Å². The Morgan fingerprint density at radius 3 is 2.63 bits per heavy atom. The van der Waals surface area contributed by atoms with Gasteiger partial charge in [-0.15, -0.1) is 0 Å². The van der Waals surface area contributed by atoms with Crippen LogP contribution in [0.2, 0.25) is 0 Å². The molecule has 7 heteroatoms. The molecule has 0 aliphatic rings. The van der Waals surface area contributed by atoms with E-state index in [9.17, 15) is 4.79 Å². The predicted molar refractivity (Wildman–Crippen MR) is 106 cm³/mol. The van der Waals surface area contributed by atoms with E-state index in [0.717, 1.165) is 16.4 Å². The number of amides is 1. The molecule has 3 rings (SSSR count). The van der Waals surface area contributed by atoms with Crippen molar-refractivity contribution in [3.8, 4) is 11.6 Å². The molecular weight excluding hydrogens is 360 g/mol. The second-order valence-corrected chi connectivity index (χ2v) is 7.14. The van der Waals surface area contributed by atoms with Crippen LogP contribution in [0.25, 0.3) is 5.69 Å². The van der Waals surface area contributed by atoms with Crippen molar-refractivity contribution in [2.75, 3.05) is 12.9 Å². The Bertz CT molecular complexity index is 902. The molecule has 1 amide bonds. The van der Waals surface area contributed by atoms with E-state index in [2.05, 4.69) is 47.3 Å². The van der Waals surface area contributed by atoms with Crippen molar-refractivity contribution in [2.24, 2.45) is 0 Å². The van der Waals surface area contributed by atoms with E-state index >= 15 is 0 Å². The number of ether oxygens (including phenoxy) is 1. The Hall–Kier alpha value is -2.80. The number of carbonyl (C=O) groups is 1. The van der Waals surface area contributed by atoms with Gasteiger partial charge < -0.3 is 10.1 Å². The molecule has 0 unspecified atom stereocenters. The third-order valence-electron chi connectivity index (χ3n) is 3.92. The summed E-state index contributed by atoms with van der Waals surface area (Å²) in [7, 11) is 1.57. The summed E-state index contributed by atoms with van der Waals surface area (Å²) in [5.41, 5.74) is 4.36. The van der Waals surface area contributed by atoms with Crippen LogP contribution in [0.1, 0.15) is 16.7 Å². The number of hydrogen-bond donors (Lipinski definition) is 1. The van der Waals surface area contributed by atoms with E-state index in [4.69, 9.17) is 4.74 Å². The molecule has 27 heavy (non-hydrogen) atoms. The summed E-state index contributed by atoms with van der Waals surface area (Å²) in [6.45, 7) is 4.57. The number of thioether (sulfide) groups is 1. The topological polar surface area (TPSA) is 69.0 Å². The Kier molecular flexibility index (Phi) is 6.13. The zero-order valence-corrected chi connectivity index (χ0v) is 16.4. The summed E-state index contributed by atoms with van der Waals surface area (Å²) < 4.78 is 7.03. The lowest BCUT2D eigenvalue weighted by Gasteiger charge is -2.10. The zero-order chi connectivity index (χ0) is 19.2. The maximum absolute atomic E-state index is 12.2. The second-order valence-electron chi connectivity index (χ2n) is 6.20. The van der Waals surface area contributed by atoms with Gasteiger partial charge in [0.1, 0.15) is 0 Å². The molecule has 0 atom stereocenters. The number of imidazole rings is 1. The van der Waals surface area contributed by atoms with Gasteiger partial charge in [-0.05, 0) is 42.7 Å². The summed E-state index contributed by atoms with van der Waals surface area (Å²) in [5, 5.41) is 3.69. The number of pyridine rings is 1. The van der Waals surface area contributed by atoms with E-state index in [1.165, 1.54) is 22.9 Å². The molecule has 2 aromatic heterocycles. The number of rotatable bonds is 7. The van der Waals surface area contributed by atoms with Gasteiger partial charge in [0.15, 0.2) is 5.16 Å². The molecule has 1 N–H and O–H groups in total. The van der Waals surface area contributed by atoms with Crippen LogP contribution in [0.5, 0.6) is 5.88 Å². The quantitative estimate of drug-likeness (QED) is 0.635. The van der Waals surface area contributed by atoms with Crippen molar-refractivity contribution in [2.45, 2.75) is 25.5 Å². The van der Waals surface area contributed by atoms with Crippen molar-refractivity contribution in [3.63, 3.8) is 0 Å². The Labute approximate surface area is 163 Å². The van der Waals surface area contributed by atoms with Crippen LogP contribution in [0.4, 0.5) is 0 Å². The number of benzene rings is 1. The summed E-state index contributed by atoms with van der Waals surface area (Å²) in [4.78, 5) is 20.7. The molecule has 0 aliphatic carbocycles. The third-order valence-corrected chi connectivity index (χ3v) is 4.89. The van der Waals surface area contributed by atoms with Gasteiger partial charge in [0.2, 0.25) is 11.8 Å². The van der Waals surface area contributed by atoms with Crippen LogP contribution in [-0.2, 0) is 11.3 Å². The van der Waals surface area contributed by atoms with E-state index in [1.807, 2.05) is 16.8 Å². The number of methoxy groups -OCH3 is 1. The minimum absolute atomic E-state index is 0.0502. The Balaban J connectivity index is 1.57. The smallest absolute Gasteiger partial charge is 0.230 e. The molecule has 2 heterocycles. The first-order valence-electron chi connectivity index (χ1n) is 8.55. The lowest BCUT2D eigenvalue weighted by atomic mass is 10.1. The number of carbonyl (C=O) groups excluding carboxylic acids is 1. The number of nitrogens with zero attached hydrogens (tertiary/aromatic N) is 3. The molecule has 0 radical (unpaired) electrons. The molecule has 0 fully saturated rings. The molecule has 140 valence electrons. The average Bonchev–Trinajstić information content (AvgIpc) is 3.13. The molecule has 0 saturated carbocycles. The first-order valence-corrected chi connectivity index (χ1v) is 9.54. The van der Waals surface area contributed by atoms with E-state index in [-0.39, 0.29) is 5.91 Å². The van der Waals surface area contributed by atoms with Crippen molar-refractivity contribution in [1.29, 1.82) is 0 Å². The summed E-state index contributed by atoms with van der Waals surface area (Å²) in [6.07, 6.45) is 5.36. The average molecular weight is 382 g/mol. The number of nitrogens with one attached hydrogen (secondary N) is 1. The molecular formula is C20H22N4O2S. The van der Waals surface area contributed by atoms with Gasteiger partial charge in [-0.3, -0.25) is 9.36 Å². The van der Waals surface area contributed by atoms with Crippen molar-refractivity contribution < 1.29 is 9.53 Å². The van der Waals surface area contributed by atoms with Crippen LogP contribution in [0.15, 0.2) is 54.1 Å². The second kappa shape index (κ2) is 8.73. The van der Waals surface area contributed by atoms with Crippen LogP contribution in [0, 0.1) is 13.8 Å². The first kappa shape index (κ1) is 19.0. The van der Waals surface area contributed by atoms with E-state index < -0.39 is 0 Å². The van der Waals surface area contributed by atoms with Gasteiger partial charge in [0.05, 0.1) is 12.9 Å². The fourth-order valence-corrected chi connectivity index (χ4v) is 3.50. The largest absolute Gasteiger partial charge is 0.481 e.